The van der Waals surface area contributed by atoms with Gasteiger partial charge in [0, 0.05) is 31.2 Å². The number of nitrogens with zero attached hydrogens (tertiary/aromatic N) is 1. The predicted molar refractivity (Wildman–Crippen MR) is 160 cm³/mol. The molecule has 2 aliphatic rings. The normalized spacial score (nSPS) is 19.5. The molecular formula is C33H37F3N2O8. The Kier molecular flexibility index (Phi) is 12.3. The summed E-state index contributed by atoms with van der Waals surface area (Å²) in [6, 6.07) is 9.94. The third-order valence-electron chi connectivity index (χ3n) is 8.52. The van der Waals surface area contributed by atoms with Crippen LogP contribution < -0.4 is 5.32 Å². The number of carboxylic acids is 1. The van der Waals surface area contributed by atoms with E-state index in [0.29, 0.717) is 30.4 Å². The molecule has 0 radical (unpaired) electrons. The van der Waals surface area contributed by atoms with Gasteiger partial charge in [0.05, 0.1) is 16.1 Å². The highest BCUT2D eigenvalue weighted by Gasteiger charge is 2.40. The van der Waals surface area contributed by atoms with Crippen LogP contribution in [0.25, 0.3) is 0 Å². The van der Waals surface area contributed by atoms with Gasteiger partial charge in [-0.15, -0.1) is 0 Å². The number of nitro benzene ring substituents is 1. The quantitative estimate of drug-likeness (QED) is 0.145. The number of aliphatic carboxylic acids is 1. The number of Topliss-reactive ketones (excluding diaryl/α,β-unsaturated/α-hetero) is 3. The van der Waals surface area contributed by atoms with E-state index in [2.05, 4.69) is 19.2 Å². The number of hydrogen-bond acceptors (Lipinski definition) is 7. The van der Waals surface area contributed by atoms with Crippen LogP contribution in [0.2, 0.25) is 0 Å². The molecule has 2 N–H and O–H groups in total. The highest BCUT2D eigenvalue weighted by atomic mass is 19.4. The van der Waals surface area contributed by atoms with Crippen LogP contribution in [0.3, 0.4) is 0 Å². The first-order valence-corrected chi connectivity index (χ1v) is 15.1. The number of carbonyl (C=O) groups is 5. The largest absolute Gasteiger partial charge is 0.480 e. The smallest absolute Gasteiger partial charge is 0.416 e. The number of nitrogens with one attached hydrogen (secondary N) is 1. The van der Waals surface area contributed by atoms with Crippen molar-refractivity contribution in [3.8, 4) is 0 Å². The van der Waals surface area contributed by atoms with Gasteiger partial charge in [-0.05, 0) is 61.6 Å². The third-order valence-corrected chi connectivity index (χ3v) is 8.52. The third kappa shape index (κ3) is 9.54. The summed E-state index contributed by atoms with van der Waals surface area (Å²) in [6.07, 6.45) is -0.382. The molecule has 2 fully saturated rings. The molecule has 0 aromatic heterocycles. The van der Waals surface area contributed by atoms with Crippen LogP contribution in [0, 0.1) is 33.8 Å². The zero-order valence-corrected chi connectivity index (χ0v) is 25.5. The molecule has 2 aromatic carbocycles. The molecule has 248 valence electrons. The minimum atomic E-state index is -4.82. The monoisotopic (exact) mass is 646 g/mol. The number of ketones is 3. The minimum absolute atomic E-state index is 0.0173. The average molecular weight is 647 g/mol. The molecule has 2 saturated carbocycles. The summed E-state index contributed by atoms with van der Waals surface area (Å²) in [5, 5.41) is 23.1. The number of nitro groups is 1. The molecule has 1 atom stereocenters. The van der Waals surface area contributed by atoms with Crippen molar-refractivity contribution >= 4 is 34.9 Å². The van der Waals surface area contributed by atoms with Gasteiger partial charge < -0.3 is 10.4 Å². The van der Waals surface area contributed by atoms with Gasteiger partial charge in [-0.1, -0.05) is 44.2 Å². The fourth-order valence-electron chi connectivity index (χ4n) is 5.81. The van der Waals surface area contributed by atoms with Crippen molar-refractivity contribution in [2.24, 2.45) is 23.7 Å². The summed E-state index contributed by atoms with van der Waals surface area (Å²) in [7, 11) is 0. The van der Waals surface area contributed by atoms with Gasteiger partial charge in [0.25, 0.3) is 5.69 Å². The van der Waals surface area contributed by atoms with E-state index in [4.69, 9.17) is 0 Å². The van der Waals surface area contributed by atoms with Crippen LogP contribution in [-0.4, -0.2) is 45.3 Å². The molecule has 0 heterocycles. The van der Waals surface area contributed by atoms with Crippen molar-refractivity contribution in [3.63, 3.8) is 0 Å². The van der Waals surface area contributed by atoms with Crippen molar-refractivity contribution < 1.29 is 47.2 Å². The molecule has 10 nitrogen and oxygen atoms in total. The first-order chi connectivity index (χ1) is 21.6. The van der Waals surface area contributed by atoms with Crippen molar-refractivity contribution in [1.29, 1.82) is 0 Å². The van der Waals surface area contributed by atoms with E-state index in [1.54, 1.807) is 0 Å². The summed E-state index contributed by atoms with van der Waals surface area (Å²) >= 11 is 0. The topological polar surface area (TPSA) is 161 Å². The minimum Gasteiger partial charge on any atom is -0.480 e. The fraction of sp³-hybridized carbons (Fsp3) is 0.485. The molecule has 0 spiro atoms. The molecule has 2 aliphatic carbocycles. The highest BCUT2D eigenvalue weighted by Crippen LogP contribution is 2.35. The Labute approximate surface area is 263 Å². The second kappa shape index (κ2) is 15.7. The van der Waals surface area contributed by atoms with Gasteiger partial charge in [0.1, 0.15) is 12.0 Å². The van der Waals surface area contributed by atoms with Crippen molar-refractivity contribution in [3.05, 3.63) is 75.3 Å². The Morgan fingerprint density at radius 1 is 0.978 bits per heavy atom. The first-order valence-electron chi connectivity index (χ1n) is 15.1. The molecular weight excluding hydrogens is 609 g/mol. The number of carbonyl (C=O) groups excluding carboxylic acids is 4. The van der Waals surface area contributed by atoms with Crippen molar-refractivity contribution in [2.75, 3.05) is 0 Å². The van der Waals surface area contributed by atoms with Gasteiger partial charge in [-0.25, -0.2) is 4.79 Å². The number of hydrogen-bond donors (Lipinski definition) is 2. The lowest BCUT2D eigenvalue weighted by Crippen LogP contribution is -2.45. The molecule has 13 heteroatoms. The molecule has 1 amide bonds. The zero-order chi connectivity index (χ0) is 34.2. The molecule has 2 aromatic rings. The predicted octanol–water partition coefficient (Wildman–Crippen LogP) is 6.00. The Morgan fingerprint density at radius 3 is 2.07 bits per heavy atom. The van der Waals surface area contributed by atoms with Gasteiger partial charge in [0.2, 0.25) is 5.91 Å². The van der Waals surface area contributed by atoms with Crippen molar-refractivity contribution in [2.45, 2.75) is 77.4 Å². The lowest BCUT2D eigenvalue weighted by Gasteiger charge is -2.30. The summed E-state index contributed by atoms with van der Waals surface area (Å²) < 4.78 is 37.9. The van der Waals surface area contributed by atoms with E-state index < -0.39 is 63.2 Å². The number of alkyl halides is 3. The van der Waals surface area contributed by atoms with Gasteiger partial charge in [-0.3, -0.25) is 29.3 Å². The van der Waals surface area contributed by atoms with Crippen LogP contribution in [0.5, 0.6) is 0 Å². The highest BCUT2D eigenvalue weighted by molar-refractivity contribution is 6.26. The number of benzene rings is 2. The van der Waals surface area contributed by atoms with Gasteiger partial charge >= 0.3 is 12.1 Å². The maximum absolute atomic E-state index is 12.6. The summed E-state index contributed by atoms with van der Waals surface area (Å²) in [5.74, 6) is -3.89. The van der Waals surface area contributed by atoms with E-state index in [1.165, 1.54) is 0 Å². The number of amides is 1. The van der Waals surface area contributed by atoms with Gasteiger partial charge in [0.15, 0.2) is 17.3 Å². The maximum Gasteiger partial charge on any atom is 0.416 e. The van der Waals surface area contributed by atoms with E-state index in [1.807, 2.05) is 30.3 Å². The summed E-state index contributed by atoms with van der Waals surface area (Å²) in [6.45, 7) is 4.46. The lowest BCUT2D eigenvalue weighted by atomic mass is 9.76. The molecule has 4 rings (SSSR count). The van der Waals surface area contributed by atoms with Crippen LogP contribution in [0.1, 0.15) is 80.3 Å². The van der Waals surface area contributed by atoms with E-state index >= 15 is 0 Å². The number of halogens is 3. The second-order valence-corrected chi connectivity index (χ2v) is 12.0. The molecule has 0 unspecified atom stereocenters. The van der Waals surface area contributed by atoms with Crippen molar-refractivity contribution in [1.82, 2.24) is 5.32 Å². The fourth-order valence-corrected chi connectivity index (χ4v) is 5.81. The average Bonchev–Trinajstić information content (AvgIpc) is 3.00. The van der Waals surface area contributed by atoms with E-state index in [-0.39, 0.29) is 37.2 Å². The Bertz CT molecular complexity index is 1430. The van der Waals surface area contributed by atoms with Crippen LogP contribution >= 0.6 is 0 Å². The molecule has 0 aliphatic heterocycles. The number of rotatable bonds is 9. The molecule has 0 bridgehead atoms. The second-order valence-electron chi connectivity index (χ2n) is 12.0. The zero-order valence-electron chi connectivity index (χ0n) is 25.5. The molecule has 0 saturated heterocycles. The first kappa shape index (κ1) is 36.1. The SMILES string of the molecule is CC(C)C1CCC(C(=O)N[C@H](Cc2ccccc2)C(=O)O)CC1.O=C1CCCC(=O)C1C(=O)c1ccc(C(F)(F)F)cc1[N+](=O)[O-]. The van der Waals surface area contributed by atoms with Gasteiger partial charge in [-0.2, -0.15) is 13.2 Å². The maximum atomic E-state index is 12.6. The summed E-state index contributed by atoms with van der Waals surface area (Å²) in [5.41, 5.74) is -2.11. The molecule has 46 heavy (non-hydrogen) atoms. The lowest BCUT2D eigenvalue weighted by molar-refractivity contribution is -0.385. The number of carboxylic acid groups (broad SMARTS) is 1. The van der Waals surface area contributed by atoms with Crippen LogP contribution in [0.15, 0.2) is 48.5 Å². The van der Waals surface area contributed by atoms with E-state index in [9.17, 15) is 52.4 Å². The van der Waals surface area contributed by atoms with Crippen LogP contribution in [0.4, 0.5) is 18.9 Å². The Hall–Kier alpha value is -4.42. The Balaban J connectivity index is 0.000000250. The standard InChI is InChI=1S/C19H27NO3.C14H10F3NO5/c1-13(2)15-8-10-16(11-9-15)18(21)20-17(19(22)23)12-14-6-4-3-5-7-14;15-14(16,17)7-4-5-8(9(6-7)18(22)23)13(21)12-10(19)2-1-3-11(12)20/h3-7,13,15-17H,8-12H2,1-2H3,(H,20,21)(H,22,23);4-6,12H,1-3H2/t15?,16?,17-;/m1./s1. The summed E-state index contributed by atoms with van der Waals surface area (Å²) in [4.78, 5) is 69.4. The van der Waals surface area contributed by atoms with E-state index in [0.717, 1.165) is 31.2 Å². The Morgan fingerprint density at radius 2 is 1.57 bits per heavy atom. The van der Waals surface area contributed by atoms with Crippen LogP contribution in [-0.2, 0) is 31.8 Å².